The van der Waals surface area contributed by atoms with Crippen molar-refractivity contribution < 1.29 is 28.7 Å². The van der Waals surface area contributed by atoms with Gasteiger partial charge in [0.15, 0.2) is 0 Å². The summed E-state index contributed by atoms with van der Waals surface area (Å²) < 4.78 is 10.1. The van der Waals surface area contributed by atoms with E-state index < -0.39 is 23.1 Å². The van der Waals surface area contributed by atoms with Gasteiger partial charge in [-0.3, -0.25) is 19.2 Å². The zero-order chi connectivity index (χ0) is 23.5. The second kappa shape index (κ2) is 9.53. The molecule has 0 fully saturated rings. The standard InChI is InChI=1S/C24H24ClNO6/c1-15(27)31-11-7-10-18-12-19-20(14-26(18)13-17-8-5-4-6-9-17)22(29)24(3,32-16(2)28)23(30)21(19)25/h4-6,8-9,12,14H,7,10-11,13H2,1-3H3. The van der Waals surface area contributed by atoms with E-state index in [-0.39, 0.29) is 23.2 Å². The minimum absolute atomic E-state index is 0.156. The predicted octanol–water partition coefficient (Wildman–Crippen LogP) is 3.58. The SMILES string of the molecule is CC(=O)OCCCC1=CC2=C(Cl)C(=O)C(C)(OC(C)=O)C(=O)C2=CN1Cc1ccccc1. The van der Waals surface area contributed by atoms with Crippen LogP contribution in [0.3, 0.4) is 0 Å². The monoisotopic (exact) mass is 457 g/mol. The summed E-state index contributed by atoms with van der Waals surface area (Å²) in [5.41, 5.74) is 0.332. The minimum Gasteiger partial charge on any atom is -0.466 e. The molecule has 1 atom stereocenters. The molecule has 0 saturated carbocycles. The summed E-state index contributed by atoms with van der Waals surface area (Å²) in [6.45, 7) is 4.47. The Morgan fingerprint density at radius 2 is 1.75 bits per heavy atom. The third-order valence-electron chi connectivity index (χ3n) is 5.23. The molecule has 1 aliphatic carbocycles. The second-order valence-corrected chi connectivity index (χ2v) is 8.13. The van der Waals surface area contributed by atoms with Crippen LogP contribution in [0, 0.1) is 0 Å². The number of carbonyl (C=O) groups excluding carboxylic acids is 4. The highest BCUT2D eigenvalue weighted by Crippen LogP contribution is 2.40. The Kier molecular flexibility index (Phi) is 6.99. The Balaban J connectivity index is 1.99. The molecular weight excluding hydrogens is 434 g/mol. The van der Waals surface area contributed by atoms with E-state index in [4.69, 9.17) is 21.1 Å². The van der Waals surface area contributed by atoms with Crippen LogP contribution < -0.4 is 0 Å². The summed E-state index contributed by atoms with van der Waals surface area (Å²) in [6.07, 6.45) is 4.43. The van der Waals surface area contributed by atoms with E-state index in [1.807, 2.05) is 35.2 Å². The Morgan fingerprint density at radius 3 is 2.38 bits per heavy atom. The smallest absolute Gasteiger partial charge is 0.304 e. The van der Waals surface area contributed by atoms with Crippen molar-refractivity contribution in [2.45, 2.75) is 45.8 Å². The molecule has 1 aromatic rings. The van der Waals surface area contributed by atoms with Crippen LogP contribution in [0.15, 0.2) is 64.5 Å². The van der Waals surface area contributed by atoms with Gasteiger partial charge in [-0.2, -0.15) is 0 Å². The van der Waals surface area contributed by atoms with Crippen molar-refractivity contribution in [1.82, 2.24) is 4.90 Å². The van der Waals surface area contributed by atoms with Crippen LogP contribution in [0.25, 0.3) is 0 Å². The molecule has 1 aromatic carbocycles. The number of ether oxygens (including phenoxy) is 2. The first-order valence-corrected chi connectivity index (χ1v) is 10.6. The van der Waals surface area contributed by atoms with Gasteiger partial charge in [-0.1, -0.05) is 41.9 Å². The molecule has 0 amide bonds. The fraction of sp³-hybridized carbons (Fsp3) is 0.333. The van der Waals surface area contributed by atoms with Gasteiger partial charge in [-0.25, -0.2) is 0 Å². The number of benzene rings is 1. The van der Waals surface area contributed by atoms with Crippen molar-refractivity contribution in [2.24, 2.45) is 0 Å². The molecule has 1 unspecified atom stereocenters. The third kappa shape index (κ3) is 4.83. The van der Waals surface area contributed by atoms with E-state index in [9.17, 15) is 19.2 Å². The average molecular weight is 458 g/mol. The lowest BCUT2D eigenvalue weighted by molar-refractivity contribution is -0.167. The first kappa shape index (κ1) is 23.5. The number of allylic oxidation sites excluding steroid dienone is 3. The number of halogens is 1. The van der Waals surface area contributed by atoms with Crippen LogP contribution in [0.5, 0.6) is 0 Å². The molecule has 32 heavy (non-hydrogen) atoms. The van der Waals surface area contributed by atoms with Crippen molar-refractivity contribution >= 4 is 35.1 Å². The molecule has 7 nitrogen and oxygen atoms in total. The van der Waals surface area contributed by atoms with Crippen LogP contribution >= 0.6 is 11.6 Å². The molecule has 0 bridgehead atoms. The Hall–Kier alpha value is -3.19. The highest BCUT2D eigenvalue weighted by molar-refractivity contribution is 6.49. The van der Waals surface area contributed by atoms with Gasteiger partial charge >= 0.3 is 11.9 Å². The molecule has 1 aliphatic heterocycles. The number of esters is 2. The fourth-order valence-corrected chi connectivity index (χ4v) is 4.02. The van der Waals surface area contributed by atoms with Gasteiger partial charge in [0.05, 0.1) is 11.6 Å². The van der Waals surface area contributed by atoms with Crippen LogP contribution in [-0.4, -0.2) is 40.6 Å². The Bertz CT molecular complexity index is 1060. The van der Waals surface area contributed by atoms with Crippen molar-refractivity contribution in [1.29, 1.82) is 0 Å². The molecular formula is C24H24ClNO6. The summed E-state index contributed by atoms with van der Waals surface area (Å²) in [4.78, 5) is 50.6. The number of carbonyl (C=O) groups is 4. The number of ketones is 2. The van der Waals surface area contributed by atoms with Gasteiger partial charge in [-0.05, 0) is 31.4 Å². The number of nitrogens with zero attached hydrogens (tertiary/aromatic N) is 1. The van der Waals surface area contributed by atoms with Crippen molar-refractivity contribution in [3.05, 3.63) is 70.0 Å². The number of rotatable bonds is 7. The van der Waals surface area contributed by atoms with Gasteiger partial charge in [0, 0.05) is 43.4 Å². The van der Waals surface area contributed by atoms with Crippen LogP contribution in [0.2, 0.25) is 0 Å². The van der Waals surface area contributed by atoms with Gasteiger partial charge < -0.3 is 14.4 Å². The summed E-state index contributed by atoms with van der Waals surface area (Å²) in [5, 5.41) is -0.156. The predicted molar refractivity (Wildman–Crippen MR) is 117 cm³/mol. The minimum atomic E-state index is -2.00. The van der Waals surface area contributed by atoms with Crippen molar-refractivity contribution in [3.63, 3.8) is 0 Å². The highest BCUT2D eigenvalue weighted by Gasteiger charge is 2.52. The van der Waals surface area contributed by atoms with Gasteiger partial charge in [0.2, 0.25) is 17.2 Å². The average Bonchev–Trinajstić information content (AvgIpc) is 2.74. The highest BCUT2D eigenvalue weighted by atomic mass is 35.5. The normalized spacial score (nSPS) is 20.4. The van der Waals surface area contributed by atoms with Crippen LogP contribution in [-0.2, 0) is 35.2 Å². The first-order chi connectivity index (χ1) is 15.1. The maximum atomic E-state index is 13.2. The molecule has 0 saturated heterocycles. The molecule has 0 aromatic heterocycles. The van der Waals surface area contributed by atoms with Crippen molar-refractivity contribution in [3.8, 4) is 0 Å². The molecule has 0 N–H and O–H groups in total. The lowest BCUT2D eigenvalue weighted by Crippen LogP contribution is -2.52. The van der Waals surface area contributed by atoms with Gasteiger partial charge in [-0.15, -0.1) is 0 Å². The number of Topliss-reactive ketones (excluding diaryl/α,β-unsaturated/α-hetero) is 2. The zero-order valence-corrected chi connectivity index (χ0v) is 18.9. The quantitative estimate of drug-likeness (QED) is 0.351. The largest absolute Gasteiger partial charge is 0.466 e. The number of hydrogen-bond donors (Lipinski definition) is 0. The molecule has 1 heterocycles. The van der Waals surface area contributed by atoms with E-state index in [0.29, 0.717) is 25.0 Å². The molecule has 0 radical (unpaired) electrons. The van der Waals surface area contributed by atoms with E-state index in [0.717, 1.165) is 18.2 Å². The zero-order valence-electron chi connectivity index (χ0n) is 18.1. The fourth-order valence-electron chi connectivity index (χ4n) is 3.68. The number of fused-ring (bicyclic) bond motifs is 1. The first-order valence-electron chi connectivity index (χ1n) is 10.2. The lowest BCUT2D eigenvalue weighted by Gasteiger charge is -2.36. The maximum Gasteiger partial charge on any atom is 0.304 e. The second-order valence-electron chi connectivity index (χ2n) is 7.75. The topological polar surface area (TPSA) is 90.0 Å². The molecule has 8 heteroatoms. The van der Waals surface area contributed by atoms with Crippen molar-refractivity contribution in [2.75, 3.05) is 6.61 Å². The van der Waals surface area contributed by atoms with E-state index in [1.54, 1.807) is 12.3 Å². The number of hydrogen-bond acceptors (Lipinski definition) is 7. The molecule has 3 rings (SSSR count). The van der Waals surface area contributed by atoms with Gasteiger partial charge in [0.1, 0.15) is 0 Å². The summed E-state index contributed by atoms with van der Waals surface area (Å²) in [5.74, 6) is -2.48. The van der Waals surface area contributed by atoms with Crippen LogP contribution in [0.1, 0.15) is 39.2 Å². The van der Waals surface area contributed by atoms with Crippen LogP contribution in [0.4, 0.5) is 0 Å². The Morgan fingerprint density at radius 1 is 1.06 bits per heavy atom. The maximum absolute atomic E-state index is 13.2. The van der Waals surface area contributed by atoms with E-state index >= 15 is 0 Å². The van der Waals surface area contributed by atoms with Gasteiger partial charge in [0.25, 0.3) is 0 Å². The Labute approximate surface area is 191 Å². The third-order valence-corrected chi connectivity index (χ3v) is 5.60. The molecule has 0 spiro atoms. The summed E-state index contributed by atoms with van der Waals surface area (Å²) in [7, 11) is 0. The molecule has 2 aliphatic rings. The summed E-state index contributed by atoms with van der Waals surface area (Å²) >= 11 is 6.36. The summed E-state index contributed by atoms with van der Waals surface area (Å²) in [6, 6.07) is 9.67. The van der Waals surface area contributed by atoms with E-state index in [1.165, 1.54) is 13.8 Å². The van der Waals surface area contributed by atoms with E-state index in [2.05, 4.69) is 0 Å². The lowest BCUT2D eigenvalue weighted by atomic mass is 9.79. The molecule has 168 valence electrons.